The number of fused-ring (bicyclic) bond motifs is 1. The average molecular weight is 293 g/mol. The number of benzene rings is 1. The topological polar surface area (TPSA) is 56.8 Å². The highest BCUT2D eigenvalue weighted by Crippen LogP contribution is 2.33. The Morgan fingerprint density at radius 1 is 1.33 bits per heavy atom. The fourth-order valence-corrected chi connectivity index (χ4v) is 2.27. The molecule has 1 atom stereocenters. The minimum atomic E-state index is -0.226. The third-order valence-corrected chi connectivity index (χ3v) is 3.41. The van der Waals surface area contributed by atoms with Crippen LogP contribution in [0.4, 0.5) is 0 Å². The van der Waals surface area contributed by atoms with Crippen molar-refractivity contribution in [3.05, 3.63) is 23.8 Å². The van der Waals surface area contributed by atoms with Crippen molar-refractivity contribution >= 4 is 5.97 Å². The standard InChI is InChI=1S/C16H23NO4/c1-3-7-17-13(11-16(18)19-2)12-5-6-14-15(10-12)21-9-4-8-20-14/h5-6,10,13,17H,3-4,7-9,11H2,1-2H3. The summed E-state index contributed by atoms with van der Waals surface area (Å²) in [6.07, 6.45) is 2.18. The Morgan fingerprint density at radius 3 is 2.81 bits per heavy atom. The molecule has 5 nitrogen and oxygen atoms in total. The Labute approximate surface area is 125 Å². The Hall–Kier alpha value is -1.75. The molecule has 0 saturated carbocycles. The molecular weight excluding hydrogens is 270 g/mol. The lowest BCUT2D eigenvalue weighted by Gasteiger charge is -2.19. The maximum atomic E-state index is 11.6. The van der Waals surface area contributed by atoms with Crippen LogP contribution in [-0.4, -0.2) is 32.8 Å². The van der Waals surface area contributed by atoms with Gasteiger partial charge in [0.05, 0.1) is 26.7 Å². The first kappa shape index (κ1) is 15.6. The molecule has 1 N–H and O–H groups in total. The highest BCUT2D eigenvalue weighted by molar-refractivity contribution is 5.70. The zero-order chi connectivity index (χ0) is 15.1. The molecule has 116 valence electrons. The van der Waals surface area contributed by atoms with Crippen LogP contribution in [0.3, 0.4) is 0 Å². The van der Waals surface area contributed by atoms with Gasteiger partial charge in [-0.2, -0.15) is 0 Å². The van der Waals surface area contributed by atoms with Gasteiger partial charge in [-0.25, -0.2) is 0 Å². The van der Waals surface area contributed by atoms with Gasteiger partial charge in [0.1, 0.15) is 0 Å². The molecule has 1 unspecified atom stereocenters. The van der Waals surface area contributed by atoms with Crippen LogP contribution in [0.2, 0.25) is 0 Å². The maximum absolute atomic E-state index is 11.6. The summed E-state index contributed by atoms with van der Waals surface area (Å²) in [5.41, 5.74) is 1.01. The third kappa shape index (κ3) is 4.36. The molecule has 0 aromatic heterocycles. The Bertz CT molecular complexity index is 475. The van der Waals surface area contributed by atoms with Crippen molar-refractivity contribution < 1.29 is 19.0 Å². The number of hydrogen-bond acceptors (Lipinski definition) is 5. The summed E-state index contributed by atoms with van der Waals surface area (Å²) < 4.78 is 16.1. The lowest BCUT2D eigenvalue weighted by Crippen LogP contribution is -2.25. The minimum Gasteiger partial charge on any atom is -0.490 e. The molecule has 1 heterocycles. The average Bonchev–Trinajstić information content (AvgIpc) is 2.75. The van der Waals surface area contributed by atoms with Crippen molar-refractivity contribution in [2.24, 2.45) is 0 Å². The summed E-state index contributed by atoms with van der Waals surface area (Å²) in [7, 11) is 1.41. The summed E-state index contributed by atoms with van der Waals surface area (Å²) in [6.45, 7) is 4.26. The van der Waals surface area contributed by atoms with Crippen LogP contribution < -0.4 is 14.8 Å². The van der Waals surface area contributed by atoms with Gasteiger partial charge in [0.2, 0.25) is 0 Å². The van der Waals surface area contributed by atoms with E-state index in [1.807, 2.05) is 18.2 Å². The van der Waals surface area contributed by atoms with Crippen LogP contribution in [0.15, 0.2) is 18.2 Å². The Morgan fingerprint density at radius 2 is 2.10 bits per heavy atom. The van der Waals surface area contributed by atoms with Crippen LogP contribution in [0.25, 0.3) is 0 Å². The van der Waals surface area contributed by atoms with Gasteiger partial charge in [0, 0.05) is 12.5 Å². The number of ether oxygens (including phenoxy) is 3. The van der Waals surface area contributed by atoms with Crippen molar-refractivity contribution in [2.75, 3.05) is 26.9 Å². The van der Waals surface area contributed by atoms with E-state index in [9.17, 15) is 4.79 Å². The van der Waals surface area contributed by atoms with E-state index >= 15 is 0 Å². The van der Waals surface area contributed by atoms with Crippen LogP contribution in [0.1, 0.15) is 37.8 Å². The number of esters is 1. The molecule has 0 amide bonds. The number of rotatable bonds is 6. The Balaban J connectivity index is 2.18. The molecule has 0 saturated heterocycles. The van der Waals surface area contributed by atoms with E-state index in [0.29, 0.717) is 19.6 Å². The van der Waals surface area contributed by atoms with E-state index in [4.69, 9.17) is 14.2 Å². The predicted octanol–water partition coefficient (Wildman–Crippen LogP) is 2.45. The van der Waals surface area contributed by atoms with Crippen molar-refractivity contribution in [2.45, 2.75) is 32.2 Å². The van der Waals surface area contributed by atoms with E-state index in [0.717, 1.165) is 36.4 Å². The molecule has 0 aliphatic carbocycles. The zero-order valence-corrected chi connectivity index (χ0v) is 12.7. The number of methoxy groups -OCH3 is 1. The molecule has 0 fully saturated rings. The van der Waals surface area contributed by atoms with Gasteiger partial charge in [-0.15, -0.1) is 0 Å². The molecule has 0 spiro atoms. The highest BCUT2D eigenvalue weighted by Gasteiger charge is 2.19. The number of hydrogen-bond donors (Lipinski definition) is 1. The second kappa shape index (κ2) is 7.88. The summed E-state index contributed by atoms with van der Waals surface area (Å²) in [6, 6.07) is 5.77. The third-order valence-electron chi connectivity index (χ3n) is 3.41. The summed E-state index contributed by atoms with van der Waals surface area (Å²) >= 11 is 0. The summed E-state index contributed by atoms with van der Waals surface area (Å²) in [5, 5.41) is 3.38. The van der Waals surface area contributed by atoms with Crippen molar-refractivity contribution in [1.82, 2.24) is 5.32 Å². The van der Waals surface area contributed by atoms with Gasteiger partial charge in [-0.05, 0) is 30.7 Å². The van der Waals surface area contributed by atoms with Crippen molar-refractivity contribution in [1.29, 1.82) is 0 Å². The lowest BCUT2D eigenvalue weighted by atomic mass is 10.0. The minimum absolute atomic E-state index is 0.0745. The Kier molecular flexibility index (Phi) is 5.87. The van der Waals surface area contributed by atoms with E-state index in [-0.39, 0.29) is 12.0 Å². The van der Waals surface area contributed by atoms with Gasteiger partial charge in [-0.1, -0.05) is 13.0 Å². The second-order valence-corrected chi connectivity index (χ2v) is 5.04. The molecule has 21 heavy (non-hydrogen) atoms. The zero-order valence-electron chi connectivity index (χ0n) is 12.7. The normalized spacial score (nSPS) is 15.1. The van der Waals surface area contributed by atoms with E-state index < -0.39 is 0 Å². The first-order valence-corrected chi connectivity index (χ1v) is 7.44. The van der Waals surface area contributed by atoms with Gasteiger partial charge in [0.15, 0.2) is 11.5 Å². The largest absolute Gasteiger partial charge is 0.490 e. The molecule has 1 aliphatic heterocycles. The fourth-order valence-electron chi connectivity index (χ4n) is 2.27. The maximum Gasteiger partial charge on any atom is 0.307 e. The van der Waals surface area contributed by atoms with Crippen molar-refractivity contribution in [3.8, 4) is 11.5 Å². The number of carbonyl (C=O) groups is 1. The fraction of sp³-hybridized carbons (Fsp3) is 0.562. The van der Waals surface area contributed by atoms with E-state index in [2.05, 4.69) is 12.2 Å². The molecule has 2 rings (SSSR count). The van der Waals surface area contributed by atoms with E-state index in [1.54, 1.807) is 0 Å². The van der Waals surface area contributed by atoms with Crippen molar-refractivity contribution in [3.63, 3.8) is 0 Å². The first-order valence-electron chi connectivity index (χ1n) is 7.44. The molecule has 0 bridgehead atoms. The smallest absolute Gasteiger partial charge is 0.307 e. The van der Waals surface area contributed by atoms with Gasteiger partial charge < -0.3 is 19.5 Å². The van der Waals surface area contributed by atoms with Crippen LogP contribution in [-0.2, 0) is 9.53 Å². The van der Waals surface area contributed by atoms with Gasteiger partial charge in [-0.3, -0.25) is 4.79 Å². The summed E-state index contributed by atoms with van der Waals surface area (Å²) in [5.74, 6) is 1.29. The predicted molar refractivity (Wildman–Crippen MR) is 79.7 cm³/mol. The SMILES string of the molecule is CCCNC(CC(=O)OC)c1ccc2c(c1)OCCCO2. The number of carbonyl (C=O) groups excluding carboxylic acids is 1. The first-order chi connectivity index (χ1) is 10.2. The quantitative estimate of drug-likeness (QED) is 0.816. The highest BCUT2D eigenvalue weighted by atomic mass is 16.5. The van der Waals surface area contributed by atoms with Crippen LogP contribution >= 0.6 is 0 Å². The molecule has 1 aromatic rings. The second-order valence-electron chi connectivity index (χ2n) is 5.04. The van der Waals surface area contributed by atoms with E-state index in [1.165, 1.54) is 7.11 Å². The molecular formula is C16H23NO4. The lowest BCUT2D eigenvalue weighted by molar-refractivity contribution is -0.141. The molecule has 0 radical (unpaired) electrons. The van der Waals surface area contributed by atoms with Gasteiger partial charge >= 0.3 is 5.97 Å². The molecule has 1 aromatic carbocycles. The molecule has 1 aliphatic rings. The van der Waals surface area contributed by atoms with Crippen LogP contribution in [0, 0.1) is 0 Å². The number of nitrogens with one attached hydrogen (secondary N) is 1. The van der Waals surface area contributed by atoms with Crippen LogP contribution in [0.5, 0.6) is 11.5 Å². The summed E-state index contributed by atoms with van der Waals surface area (Å²) in [4.78, 5) is 11.6. The molecule has 5 heteroatoms. The van der Waals surface area contributed by atoms with Gasteiger partial charge in [0.25, 0.3) is 0 Å². The monoisotopic (exact) mass is 293 g/mol.